The molecule has 0 bridgehead atoms. The van der Waals surface area contributed by atoms with Gasteiger partial charge in [-0.05, 0) is 30.7 Å². The van der Waals surface area contributed by atoms with E-state index in [9.17, 15) is 0 Å². The predicted molar refractivity (Wildman–Crippen MR) is 118 cm³/mol. The fraction of sp³-hybridized carbons (Fsp3) is 0.364. The third-order valence-corrected chi connectivity index (χ3v) is 5.65. The number of rotatable bonds is 7. The first-order valence-corrected chi connectivity index (χ1v) is 10.7. The fourth-order valence-corrected chi connectivity index (χ4v) is 3.91. The Kier molecular flexibility index (Phi) is 5.93. The number of nitrogens with zero attached hydrogens (tertiary/aromatic N) is 3. The molecule has 2 aromatic carbocycles. The zero-order valence-corrected chi connectivity index (χ0v) is 17.7. The highest BCUT2D eigenvalue weighted by molar-refractivity contribution is 6.34. The van der Waals surface area contributed by atoms with Gasteiger partial charge in [0.25, 0.3) is 0 Å². The van der Waals surface area contributed by atoms with Crippen LogP contribution in [0, 0.1) is 0 Å². The molecule has 162 valence electrons. The molecule has 0 radical (unpaired) electrons. The topological polar surface area (TPSA) is 78.0 Å². The normalized spacial score (nSPS) is 15.9. The molecule has 0 unspecified atom stereocenters. The molecule has 31 heavy (non-hydrogen) atoms. The van der Waals surface area contributed by atoms with Crippen LogP contribution in [0.1, 0.15) is 6.42 Å². The molecule has 1 saturated heterocycles. The number of hydrogen-bond donors (Lipinski definition) is 1. The average molecular weight is 443 g/mol. The van der Waals surface area contributed by atoms with E-state index in [2.05, 4.69) is 20.2 Å². The van der Waals surface area contributed by atoms with Gasteiger partial charge in [0.05, 0.1) is 30.4 Å². The smallest absolute Gasteiger partial charge is 0.231 e. The summed E-state index contributed by atoms with van der Waals surface area (Å²) in [6, 6.07) is 9.36. The summed E-state index contributed by atoms with van der Waals surface area (Å²) in [6.07, 6.45) is 2.48. The minimum Gasteiger partial charge on any atom is -0.493 e. The van der Waals surface area contributed by atoms with Crippen molar-refractivity contribution in [2.24, 2.45) is 0 Å². The van der Waals surface area contributed by atoms with Gasteiger partial charge in [-0.3, -0.25) is 4.90 Å². The third kappa shape index (κ3) is 4.46. The molecule has 0 amide bonds. The molecule has 1 fully saturated rings. The van der Waals surface area contributed by atoms with Crippen molar-refractivity contribution in [3.8, 4) is 17.2 Å². The van der Waals surface area contributed by atoms with Crippen LogP contribution in [0.5, 0.6) is 17.2 Å². The second kappa shape index (κ2) is 9.13. The number of morpholine rings is 1. The Morgan fingerprint density at radius 3 is 2.90 bits per heavy atom. The summed E-state index contributed by atoms with van der Waals surface area (Å²) in [4.78, 5) is 11.2. The molecule has 2 aliphatic heterocycles. The highest BCUT2D eigenvalue weighted by atomic mass is 35.5. The molecule has 0 atom stereocenters. The van der Waals surface area contributed by atoms with Crippen LogP contribution >= 0.6 is 11.6 Å². The van der Waals surface area contributed by atoms with Crippen molar-refractivity contribution in [3.63, 3.8) is 0 Å². The number of halogens is 1. The van der Waals surface area contributed by atoms with Crippen LogP contribution in [-0.4, -0.2) is 61.1 Å². The maximum Gasteiger partial charge on any atom is 0.231 e. The lowest BCUT2D eigenvalue weighted by molar-refractivity contribution is 0.0358. The minimum absolute atomic E-state index is 0.168. The number of hydrogen-bond acceptors (Lipinski definition) is 8. The lowest BCUT2D eigenvalue weighted by Gasteiger charge is -2.26. The molecule has 3 aromatic rings. The molecular weight excluding hydrogens is 420 g/mol. The highest BCUT2D eigenvalue weighted by Gasteiger charge is 2.21. The van der Waals surface area contributed by atoms with E-state index in [0.717, 1.165) is 55.9 Å². The first kappa shape index (κ1) is 20.1. The van der Waals surface area contributed by atoms with Gasteiger partial charge < -0.3 is 24.3 Å². The molecular formula is C22H23ClN4O4. The predicted octanol–water partition coefficient (Wildman–Crippen LogP) is 3.86. The maximum atomic E-state index is 6.39. The van der Waals surface area contributed by atoms with E-state index >= 15 is 0 Å². The highest BCUT2D eigenvalue weighted by Crippen LogP contribution is 2.45. The molecule has 1 aromatic heterocycles. The van der Waals surface area contributed by atoms with Crippen LogP contribution in [-0.2, 0) is 4.74 Å². The number of anilines is 2. The lowest BCUT2D eigenvalue weighted by atomic mass is 10.2. The monoisotopic (exact) mass is 442 g/mol. The summed E-state index contributed by atoms with van der Waals surface area (Å²) in [5.74, 6) is 2.65. The minimum atomic E-state index is 0.168. The Morgan fingerprint density at radius 2 is 2.00 bits per heavy atom. The van der Waals surface area contributed by atoms with Crippen molar-refractivity contribution in [3.05, 3.63) is 41.7 Å². The molecule has 2 aliphatic rings. The largest absolute Gasteiger partial charge is 0.493 e. The van der Waals surface area contributed by atoms with Crippen molar-refractivity contribution in [1.29, 1.82) is 0 Å². The summed E-state index contributed by atoms with van der Waals surface area (Å²) in [7, 11) is 0. The van der Waals surface area contributed by atoms with Gasteiger partial charge >= 0.3 is 0 Å². The number of ether oxygens (including phenoxy) is 4. The van der Waals surface area contributed by atoms with Gasteiger partial charge in [-0.25, -0.2) is 9.97 Å². The lowest BCUT2D eigenvalue weighted by Crippen LogP contribution is -2.37. The number of nitrogens with one attached hydrogen (secondary N) is 1. The van der Waals surface area contributed by atoms with Crippen LogP contribution < -0.4 is 19.5 Å². The summed E-state index contributed by atoms with van der Waals surface area (Å²) in [5.41, 5.74) is 1.41. The number of aromatic nitrogens is 2. The van der Waals surface area contributed by atoms with Gasteiger partial charge in [0, 0.05) is 31.1 Å². The number of benzene rings is 2. The van der Waals surface area contributed by atoms with Crippen LogP contribution in [0.3, 0.4) is 0 Å². The SMILES string of the molecule is Clc1ccc2c(c1Nc1ncnc3cc(OCCCN4CCOCC4)ccc13)OCO2. The third-order valence-electron chi connectivity index (χ3n) is 5.33. The molecule has 9 heteroatoms. The van der Waals surface area contributed by atoms with Gasteiger partial charge in [0.1, 0.15) is 23.6 Å². The molecule has 0 spiro atoms. The Hall–Kier alpha value is -2.81. The fourth-order valence-electron chi connectivity index (χ4n) is 3.71. The molecule has 0 saturated carbocycles. The van der Waals surface area contributed by atoms with Crippen LogP contribution in [0.4, 0.5) is 11.5 Å². The van der Waals surface area contributed by atoms with E-state index in [4.69, 9.17) is 30.5 Å². The van der Waals surface area contributed by atoms with E-state index in [1.807, 2.05) is 18.2 Å². The Morgan fingerprint density at radius 1 is 1.10 bits per heavy atom. The van der Waals surface area contributed by atoms with Crippen molar-refractivity contribution in [2.75, 3.05) is 51.6 Å². The molecule has 0 aliphatic carbocycles. The van der Waals surface area contributed by atoms with Gasteiger partial charge in [-0.2, -0.15) is 0 Å². The second-order valence-corrected chi connectivity index (χ2v) is 7.75. The van der Waals surface area contributed by atoms with Crippen molar-refractivity contribution in [1.82, 2.24) is 14.9 Å². The second-order valence-electron chi connectivity index (χ2n) is 7.34. The van der Waals surface area contributed by atoms with E-state index in [0.29, 0.717) is 34.6 Å². The first-order chi connectivity index (χ1) is 15.3. The standard InChI is InChI=1S/C22H23ClN4O4/c23-17-4-5-19-21(31-14-30-19)20(17)26-22-16-3-2-15(12-18(16)24-13-25-22)29-9-1-6-27-7-10-28-11-8-27/h2-5,12-13H,1,6-11,14H2,(H,24,25,26). The zero-order chi connectivity index (χ0) is 21.0. The Bertz CT molecular complexity index is 1070. The van der Waals surface area contributed by atoms with E-state index in [1.54, 1.807) is 12.1 Å². The van der Waals surface area contributed by atoms with Gasteiger partial charge in [0.2, 0.25) is 6.79 Å². The molecule has 8 nitrogen and oxygen atoms in total. The van der Waals surface area contributed by atoms with Gasteiger partial charge in [-0.15, -0.1) is 0 Å². The zero-order valence-electron chi connectivity index (χ0n) is 17.0. The summed E-state index contributed by atoms with van der Waals surface area (Å²) in [6.45, 7) is 5.46. The molecule has 1 N–H and O–H groups in total. The quantitative estimate of drug-likeness (QED) is 0.553. The molecule has 3 heterocycles. The average Bonchev–Trinajstić information content (AvgIpc) is 3.28. The number of fused-ring (bicyclic) bond motifs is 2. The Labute approximate surface area is 185 Å². The maximum absolute atomic E-state index is 6.39. The summed E-state index contributed by atoms with van der Waals surface area (Å²) in [5, 5.41) is 4.66. The van der Waals surface area contributed by atoms with Crippen molar-refractivity contribution < 1.29 is 18.9 Å². The van der Waals surface area contributed by atoms with E-state index in [-0.39, 0.29) is 6.79 Å². The van der Waals surface area contributed by atoms with Gasteiger partial charge in [-0.1, -0.05) is 11.6 Å². The summed E-state index contributed by atoms with van der Waals surface area (Å²) < 4.78 is 22.3. The van der Waals surface area contributed by atoms with E-state index < -0.39 is 0 Å². The summed E-state index contributed by atoms with van der Waals surface area (Å²) >= 11 is 6.39. The van der Waals surface area contributed by atoms with Crippen LogP contribution in [0.15, 0.2) is 36.7 Å². The first-order valence-electron chi connectivity index (χ1n) is 10.3. The Balaban J connectivity index is 1.28. The van der Waals surface area contributed by atoms with Crippen LogP contribution in [0.2, 0.25) is 5.02 Å². The van der Waals surface area contributed by atoms with Crippen LogP contribution in [0.25, 0.3) is 10.9 Å². The van der Waals surface area contributed by atoms with E-state index in [1.165, 1.54) is 6.33 Å². The molecule has 5 rings (SSSR count). The van der Waals surface area contributed by atoms with Gasteiger partial charge in [0.15, 0.2) is 11.5 Å². The van der Waals surface area contributed by atoms with Crippen molar-refractivity contribution in [2.45, 2.75) is 6.42 Å². The van der Waals surface area contributed by atoms with Crippen molar-refractivity contribution >= 4 is 34.0 Å².